The molecule has 1 aromatic heterocycles. The van der Waals surface area contributed by atoms with Crippen LogP contribution in [-0.4, -0.2) is 24.5 Å². The lowest BCUT2D eigenvalue weighted by molar-refractivity contribution is -0.118. The topological polar surface area (TPSA) is 42.4 Å². The maximum atomic E-state index is 12.9. The van der Waals surface area contributed by atoms with E-state index >= 15 is 0 Å². The van der Waals surface area contributed by atoms with E-state index in [1.807, 2.05) is 42.3 Å². The number of pyridine rings is 1. The smallest absolute Gasteiger partial charge is 0.231 e. The van der Waals surface area contributed by atoms with Crippen LogP contribution in [0.15, 0.2) is 36.7 Å². The minimum Gasteiger partial charge on any atom is -0.496 e. The van der Waals surface area contributed by atoms with Gasteiger partial charge >= 0.3 is 0 Å². The number of hydrogen-bond acceptors (Lipinski definition) is 3. The highest BCUT2D eigenvalue weighted by atomic mass is 16.5. The van der Waals surface area contributed by atoms with E-state index in [2.05, 4.69) is 4.98 Å². The number of nitrogens with zero attached hydrogens (tertiary/aromatic N) is 2. The summed E-state index contributed by atoms with van der Waals surface area (Å²) in [6, 6.07) is 7.97. The van der Waals surface area contributed by atoms with E-state index in [1.165, 1.54) is 5.56 Å². The van der Waals surface area contributed by atoms with E-state index in [4.69, 9.17) is 4.74 Å². The summed E-state index contributed by atoms with van der Waals surface area (Å²) >= 11 is 0. The summed E-state index contributed by atoms with van der Waals surface area (Å²) in [5.41, 5.74) is 4.24. The molecule has 0 unspecified atom stereocenters. The van der Waals surface area contributed by atoms with Gasteiger partial charge in [-0.25, -0.2) is 0 Å². The molecule has 2 heterocycles. The highest BCUT2D eigenvalue weighted by molar-refractivity contribution is 5.95. The van der Waals surface area contributed by atoms with Gasteiger partial charge in [-0.1, -0.05) is 17.7 Å². The Bertz CT molecular complexity index is 712. The van der Waals surface area contributed by atoms with Gasteiger partial charge in [0.25, 0.3) is 0 Å². The summed E-state index contributed by atoms with van der Waals surface area (Å²) in [6.45, 7) is 2.78. The standard InChI is InChI=1S/C19H22N2O2/c1-14-6-7-18(23-2)16(11-14)12-19(22)21-10-4-3-5-15-8-9-20-13-17(15)21/h6-9,11,13H,3-5,10,12H2,1-2H3. The molecule has 4 heteroatoms. The van der Waals surface area contributed by atoms with E-state index in [0.29, 0.717) is 6.42 Å². The molecule has 0 aliphatic carbocycles. The SMILES string of the molecule is COc1ccc(C)cc1CC(=O)N1CCCCc2ccncc21. The second-order valence-electron chi connectivity index (χ2n) is 6.00. The molecule has 0 radical (unpaired) electrons. The molecule has 3 rings (SSSR count). The Morgan fingerprint density at radius 2 is 2.17 bits per heavy atom. The number of fused-ring (bicyclic) bond motifs is 1. The van der Waals surface area contributed by atoms with E-state index in [9.17, 15) is 4.79 Å². The van der Waals surface area contributed by atoms with Gasteiger partial charge in [-0.2, -0.15) is 0 Å². The summed E-state index contributed by atoms with van der Waals surface area (Å²) < 4.78 is 5.40. The maximum absolute atomic E-state index is 12.9. The second kappa shape index (κ2) is 6.82. The van der Waals surface area contributed by atoms with Gasteiger partial charge in [0, 0.05) is 18.3 Å². The van der Waals surface area contributed by atoms with Crippen molar-refractivity contribution in [3.05, 3.63) is 53.3 Å². The summed E-state index contributed by atoms with van der Waals surface area (Å²) in [5, 5.41) is 0. The van der Waals surface area contributed by atoms with Gasteiger partial charge in [0.15, 0.2) is 0 Å². The number of amides is 1. The van der Waals surface area contributed by atoms with E-state index in [-0.39, 0.29) is 5.91 Å². The van der Waals surface area contributed by atoms with E-state index < -0.39 is 0 Å². The van der Waals surface area contributed by atoms with Crippen molar-refractivity contribution < 1.29 is 9.53 Å². The third-order valence-electron chi connectivity index (χ3n) is 4.33. The number of ether oxygens (including phenoxy) is 1. The summed E-state index contributed by atoms with van der Waals surface area (Å²) in [7, 11) is 1.64. The molecule has 0 spiro atoms. The van der Waals surface area contributed by atoms with Crippen LogP contribution in [0.3, 0.4) is 0 Å². The molecule has 0 bridgehead atoms. The second-order valence-corrected chi connectivity index (χ2v) is 6.00. The monoisotopic (exact) mass is 310 g/mol. The fourth-order valence-electron chi connectivity index (χ4n) is 3.14. The van der Waals surface area contributed by atoms with Crippen molar-refractivity contribution in [3.63, 3.8) is 0 Å². The molecule has 0 saturated carbocycles. The highest BCUT2D eigenvalue weighted by Crippen LogP contribution is 2.27. The molecule has 0 N–H and O–H groups in total. The molecule has 23 heavy (non-hydrogen) atoms. The Morgan fingerprint density at radius 1 is 1.30 bits per heavy atom. The molecule has 0 atom stereocenters. The average molecular weight is 310 g/mol. The Labute approximate surface area is 137 Å². The zero-order chi connectivity index (χ0) is 16.2. The lowest BCUT2D eigenvalue weighted by Crippen LogP contribution is -2.33. The van der Waals surface area contributed by atoms with Crippen LogP contribution in [0.25, 0.3) is 0 Å². The number of hydrogen-bond donors (Lipinski definition) is 0. The number of aryl methyl sites for hydroxylation is 2. The van der Waals surface area contributed by atoms with Crippen LogP contribution in [0.1, 0.15) is 29.5 Å². The summed E-state index contributed by atoms with van der Waals surface area (Å²) in [5.74, 6) is 0.871. The first-order chi connectivity index (χ1) is 11.2. The van der Waals surface area contributed by atoms with Gasteiger partial charge in [-0.3, -0.25) is 9.78 Å². The number of aromatic nitrogens is 1. The van der Waals surface area contributed by atoms with Crippen molar-refractivity contribution in [2.45, 2.75) is 32.6 Å². The number of anilines is 1. The van der Waals surface area contributed by atoms with E-state index in [1.54, 1.807) is 13.3 Å². The molecule has 1 aromatic carbocycles. The first-order valence-electron chi connectivity index (χ1n) is 8.06. The van der Waals surface area contributed by atoms with Crippen LogP contribution in [0.2, 0.25) is 0 Å². The van der Waals surface area contributed by atoms with Crippen molar-refractivity contribution >= 4 is 11.6 Å². The molecule has 120 valence electrons. The van der Waals surface area contributed by atoms with Crippen LogP contribution in [0.5, 0.6) is 5.75 Å². The average Bonchev–Trinajstić information content (AvgIpc) is 2.77. The molecule has 1 amide bonds. The van der Waals surface area contributed by atoms with Gasteiger partial charge in [-0.15, -0.1) is 0 Å². The lowest BCUT2D eigenvalue weighted by Gasteiger charge is -2.23. The molecule has 0 fully saturated rings. The minimum atomic E-state index is 0.102. The van der Waals surface area contributed by atoms with Crippen LogP contribution in [-0.2, 0) is 17.6 Å². The first-order valence-corrected chi connectivity index (χ1v) is 8.06. The zero-order valence-electron chi connectivity index (χ0n) is 13.7. The van der Waals surface area contributed by atoms with Crippen molar-refractivity contribution in [2.75, 3.05) is 18.6 Å². The fraction of sp³-hybridized carbons (Fsp3) is 0.368. The molecular formula is C19H22N2O2. The van der Waals surface area contributed by atoms with Crippen molar-refractivity contribution in [1.82, 2.24) is 4.98 Å². The quantitative estimate of drug-likeness (QED) is 0.873. The van der Waals surface area contributed by atoms with Gasteiger partial charge in [-0.05, 0) is 43.9 Å². The van der Waals surface area contributed by atoms with Gasteiger partial charge in [0.1, 0.15) is 5.75 Å². The number of rotatable bonds is 3. The summed E-state index contributed by atoms with van der Waals surface area (Å²) in [4.78, 5) is 19.0. The molecule has 1 aliphatic rings. The maximum Gasteiger partial charge on any atom is 0.231 e. The van der Waals surface area contributed by atoms with Crippen LogP contribution >= 0.6 is 0 Å². The molecule has 4 nitrogen and oxygen atoms in total. The van der Waals surface area contributed by atoms with Crippen LogP contribution in [0.4, 0.5) is 5.69 Å². The number of methoxy groups -OCH3 is 1. The number of carbonyl (C=O) groups excluding carboxylic acids is 1. The largest absolute Gasteiger partial charge is 0.496 e. The van der Waals surface area contributed by atoms with Crippen molar-refractivity contribution in [2.24, 2.45) is 0 Å². The van der Waals surface area contributed by atoms with Gasteiger partial charge in [0.2, 0.25) is 5.91 Å². The van der Waals surface area contributed by atoms with Gasteiger partial charge in [0.05, 0.1) is 25.4 Å². The number of carbonyl (C=O) groups is 1. The molecule has 0 saturated heterocycles. The van der Waals surface area contributed by atoms with Gasteiger partial charge < -0.3 is 9.64 Å². The number of benzene rings is 1. The first kappa shape index (κ1) is 15.5. The Balaban J connectivity index is 1.88. The van der Waals surface area contributed by atoms with Crippen molar-refractivity contribution in [3.8, 4) is 5.75 Å². The Morgan fingerprint density at radius 3 is 3.00 bits per heavy atom. The molecule has 2 aromatic rings. The molecular weight excluding hydrogens is 288 g/mol. The van der Waals surface area contributed by atoms with Crippen molar-refractivity contribution in [1.29, 1.82) is 0 Å². The third kappa shape index (κ3) is 3.36. The predicted molar refractivity (Wildman–Crippen MR) is 91.0 cm³/mol. The fourth-order valence-corrected chi connectivity index (χ4v) is 3.14. The summed E-state index contributed by atoms with van der Waals surface area (Å²) in [6.07, 6.45) is 7.09. The normalized spacial score (nSPS) is 14.1. The Kier molecular flexibility index (Phi) is 4.60. The highest BCUT2D eigenvalue weighted by Gasteiger charge is 2.22. The minimum absolute atomic E-state index is 0.102. The Hall–Kier alpha value is -2.36. The lowest BCUT2D eigenvalue weighted by atomic mass is 10.1. The van der Waals surface area contributed by atoms with Crippen LogP contribution in [0, 0.1) is 6.92 Å². The third-order valence-corrected chi connectivity index (χ3v) is 4.33. The predicted octanol–water partition coefficient (Wildman–Crippen LogP) is 3.31. The molecule has 1 aliphatic heterocycles. The van der Waals surface area contributed by atoms with Crippen LogP contribution < -0.4 is 9.64 Å². The zero-order valence-corrected chi connectivity index (χ0v) is 13.7. The van der Waals surface area contributed by atoms with E-state index in [0.717, 1.165) is 48.4 Å².